The van der Waals surface area contributed by atoms with E-state index in [1.54, 1.807) is 29.7 Å². The lowest BCUT2D eigenvalue weighted by Crippen LogP contribution is -2.58. The van der Waals surface area contributed by atoms with Gasteiger partial charge in [0.2, 0.25) is 0 Å². The molecule has 36 heavy (non-hydrogen) atoms. The van der Waals surface area contributed by atoms with Gasteiger partial charge in [-0.05, 0) is 56.7 Å². The first kappa shape index (κ1) is 23.5. The smallest absolute Gasteiger partial charge is 0.254 e. The van der Waals surface area contributed by atoms with Crippen LogP contribution in [-0.2, 0) is 4.79 Å². The van der Waals surface area contributed by atoms with E-state index < -0.39 is 5.60 Å². The lowest BCUT2D eigenvalue weighted by molar-refractivity contribution is -0.150. The Bertz CT molecular complexity index is 1470. The maximum absolute atomic E-state index is 12.7. The number of carbonyl (C=O) groups is 1. The number of pyridine rings is 1. The number of benzene rings is 1. The van der Waals surface area contributed by atoms with Gasteiger partial charge in [0, 0.05) is 55.5 Å². The highest BCUT2D eigenvalue weighted by Gasteiger charge is 2.36. The number of carbonyl (C=O) groups excluding carboxylic acids is 1. The molecule has 1 aliphatic heterocycles. The molecule has 0 radical (unpaired) electrons. The maximum Gasteiger partial charge on any atom is 0.254 e. The molecular weight excluding hydrogens is 454 g/mol. The molecule has 4 heterocycles. The second kappa shape index (κ2) is 9.06. The van der Waals surface area contributed by atoms with Gasteiger partial charge in [0.1, 0.15) is 17.7 Å². The molecule has 1 amide bonds. The Kier molecular flexibility index (Phi) is 5.90. The maximum atomic E-state index is 12.7. The van der Waals surface area contributed by atoms with Crippen LogP contribution in [0.5, 0.6) is 0 Å². The normalized spacial score (nSPS) is 16.2. The van der Waals surface area contributed by atoms with Crippen molar-refractivity contribution >= 4 is 22.8 Å². The van der Waals surface area contributed by atoms with E-state index in [2.05, 4.69) is 20.9 Å². The zero-order valence-corrected chi connectivity index (χ0v) is 20.5. The number of hydrogen-bond donors (Lipinski definition) is 1. The van der Waals surface area contributed by atoms with Crippen LogP contribution in [0.1, 0.15) is 26.3 Å². The van der Waals surface area contributed by atoms with Gasteiger partial charge in [-0.15, -0.1) is 0 Å². The summed E-state index contributed by atoms with van der Waals surface area (Å²) < 4.78 is 1.98. The number of fused-ring (bicyclic) bond motifs is 1. The highest BCUT2D eigenvalue weighted by molar-refractivity contribution is 6.02. The summed E-state index contributed by atoms with van der Waals surface area (Å²) >= 11 is 0. The molecule has 1 atom stereocenters. The van der Waals surface area contributed by atoms with Crippen LogP contribution in [0.4, 0.5) is 5.82 Å². The van der Waals surface area contributed by atoms with Crippen LogP contribution in [0.15, 0.2) is 61.3 Å². The average Bonchev–Trinajstić information content (AvgIpc) is 3.28. The van der Waals surface area contributed by atoms with E-state index in [1.807, 2.05) is 48.0 Å². The van der Waals surface area contributed by atoms with Crippen LogP contribution in [0.3, 0.4) is 0 Å². The van der Waals surface area contributed by atoms with Gasteiger partial charge in [-0.3, -0.25) is 9.78 Å². The Labute approximate surface area is 209 Å². The Hall–Kier alpha value is -4.29. The summed E-state index contributed by atoms with van der Waals surface area (Å²) in [6.07, 6.45) is 7.08. The van der Waals surface area contributed by atoms with Gasteiger partial charge in [-0.1, -0.05) is 6.07 Å². The van der Waals surface area contributed by atoms with Crippen LogP contribution in [0, 0.1) is 11.3 Å². The molecule has 0 spiro atoms. The van der Waals surface area contributed by atoms with E-state index >= 15 is 0 Å². The average molecular weight is 482 g/mol. The van der Waals surface area contributed by atoms with Crippen molar-refractivity contribution < 1.29 is 9.90 Å². The molecule has 9 nitrogen and oxygen atoms in total. The molecule has 0 saturated carbocycles. The molecule has 9 heteroatoms. The Morgan fingerprint density at radius 2 is 1.94 bits per heavy atom. The van der Waals surface area contributed by atoms with Gasteiger partial charge in [0.05, 0.1) is 17.0 Å². The molecule has 1 aromatic carbocycles. The Morgan fingerprint density at radius 1 is 1.17 bits per heavy atom. The predicted octanol–water partition coefficient (Wildman–Crippen LogP) is 3.16. The number of nitrogens with zero attached hydrogens (tertiary/aromatic N) is 7. The zero-order valence-electron chi connectivity index (χ0n) is 20.5. The zero-order chi connectivity index (χ0) is 25.4. The van der Waals surface area contributed by atoms with Crippen molar-refractivity contribution in [3.8, 4) is 22.9 Å². The van der Waals surface area contributed by atoms with Gasteiger partial charge < -0.3 is 19.5 Å². The number of rotatable bonds is 4. The quantitative estimate of drug-likeness (QED) is 0.477. The van der Waals surface area contributed by atoms with Crippen LogP contribution in [0.2, 0.25) is 0 Å². The summed E-state index contributed by atoms with van der Waals surface area (Å²) in [5, 5.41) is 20.5. The SMILES string of the molecule is CC1CN(c2ncnc3c2c(-c2ccncc2)cn3-c2cccc(C#N)c2)CCN1C(=O)C(C)(C)O. The summed E-state index contributed by atoms with van der Waals surface area (Å²) in [7, 11) is 0. The molecule has 0 aliphatic carbocycles. The fourth-order valence-corrected chi connectivity index (χ4v) is 4.76. The highest BCUT2D eigenvalue weighted by atomic mass is 16.3. The monoisotopic (exact) mass is 481 g/mol. The molecule has 182 valence electrons. The van der Waals surface area contributed by atoms with Crippen molar-refractivity contribution in [2.45, 2.75) is 32.4 Å². The van der Waals surface area contributed by atoms with E-state index in [4.69, 9.17) is 4.98 Å². The van der Waals surface area contributed by atoms with Gasteiger partial charge in [-0.2, -0.15) is 5.26 Å². The van der Waals surface area contributed by atoms with Crippen molar-refractivity contribution in [1.82, 2.24) is 24.4 Å². The molecule has 4 aromatic rings. The van der Waals surface area contributed by atoms with Crippen molar-refractivity contribution in [2.75, 3.05) is 24.5 Å². The molecule has 1 fully saturated rings. The first-order valence-corrected chi connectivity index (χ1v) is 11.8. The van der Waals surface area contributed by atoms with Crippen molar-refractivity contribution in [3.63, 3.8) is 0 Å². The minimum atomic E-state index is -1.41. The van der Waals surface area contributed by atoms with Crippen LogP contribution in [0.25, 0.3) is 27.8 Å². The largest absolute Gasteiger partial charge is 0.381 e. The molecule has 0 bridgehead atoms. The van der Waals surface area contributed by atoms with Crippen molar-refractivity contribution in [2.24, 2.45) is 0 Å². The fraction of sp³-hybridized carbons (Fsp3) is 0.296. The van der Waals surface area contributed by atoms with E-state index in [0.717, 1.165) is 33.7 Å². The molecule has 1 saturated heterocycles. The summed E-state index contributed by atoms with van der Waals surface area (Å²) in [5.74, 6) is 0.507. The number of amides is 1. The minimum Gasteiger partial charge on any atom is -0.381 e. The third-order valence-corrected chi connectivity index (χ3v) is 6.52. The summed E-state index contributed by atoms with van der Waals surface area (Å²) in [5.41, 5.74) is 2.64. The molecule has 1 aliphatic rings. The fourth-order valence-electron chi connectivity index (χ4n) is 4.76. The second-order valence-corrected chi connectivity index (χ2v) is 9.56. The number of piperazine rings is 1. The highest BCUT2D eigenvalue weighted by Crippen LogP contribution is 2.37. The second-order valence-electron chi connectivity index (χ2n) is 9.56. The number of hydrogen-bond acceptors (Lipinski definition) is 7. The molecular formula is C27H27N7O2. The third kappa shape index (κ3) is 4.16. The third-order valence-electron chi connectivity index (χ3n) is 6.52. The van der Waals surface area contributed by atoms with Crippen molar-refractivity contribution in [3.05, 3.63) is 66.9 Å². The molecule has 5 rings (SSSR count). The van der Waals surface area contributed by atoms with Crippen LogP contribution in [-0.4, -0.2) is 66.7 Å². The minimum absolute atomic E-state index is 0.110. The Balaban J connectivity index is 1.63. The van der Waals surface area contributed by atoms with Gasteiger partial charge in [0.15, 0.2) is 5.65 Å². The van der Waals surface area contributed by atoms with Gasteiger partial charge in [-0.25, -0.2) is 9.97 Å². The van der Waals surface area contributed by atoms with Crippen molar-refractivity contribution in [1.29, 1.82) is 5.26 Å². The number of anilines is 1. The van der Waals surface area contributed by atoms with Gasteiger partial charge >= 0.3 is 0 Å². The lowest BCUT2D eigenvalue weighted by atomic mass is 10.0. The van der Waals surface area contributed by atoms with E-state index in [9.17, 15) is 15.2 Å². The standard InChI is InChI=1S/C27H27N7O2/c1-18-15-32(11-12-33(18)26(35)27(2,3)36)24-23-22(20-7-9-29-10-8-20)16-34(25(23)31-17-30-24)21-6-4-5-19(13-21)14-28/h4-10,13,16-18,36H,11-12,15H2,1-3H3. The van der Waals surface area contributed by atoms with Gasteiger partial charge in [0.25, 0.3) is 5.91 Å². The number of aliphatic hydroxyl groups is 1. The summed E-state index contributed by atoms with van der Waals surface area (Å²) in [6.45, 7) is 6.64. The van der Waals surface area contributed by atoms with E-state index in [-0.39, 0.29) is 11.9 Å². The lowest BCUT2D eigenvalue weighted by Gasteiger charge is -2.42. The first-order valence-electron chi connectivity index (χ1n) is 11.8. The number of nitriles is 1. The van der Waals surface area contributed by atoms with E-state index in [1.165, 1.54) is 13.8 Å². The first-order chi connectivity index (χ1) is 17.3. The number of aromatic nitrogens is 4. The predicted molar refractivity (Wildman–Crippen MR) is 136 cm³/mol. The molecule has 1 unspecified atom stereocenters. The van der Waals surface area contributed by atoms with Crippen LogP contribution < -0.4 is 4.90 Å². The summed E-state index contributed by atoms with van der Waals surface area (Å²) in [4.78, 5) is 30.1. The summed E-state index contributed by atoms with van der Waals surface area (Å²) in [6, 6.07) is 13.4. The van der Waals surface area contributed by atoms with E-state index in [0.29, 0.717) is 25.2 Å². The topological polar surface area (TPSA) is 111 Å². The molecule has 1 N–H and O–H groups in total. The molecule has 3 aromatic heterocycles. The van der Waals surface area contributed by atoms with Crippen LogP contribution >= 0.6 is 0 Å². The Morgan fingerprint density at radius 3 is 2.64 bits per heavy atom.